The number of nitrogens with zero attached hydrogens (tertiary/aromatic N) is 4. The Hall–Kier alpha value is -3.30. The summed E-state index contributed by atoms with van der Waals surface area (Å²) in [7, 11) is 0. The highest BCUT2D eigenvalue weighted by Crippen LogP contribution is 2.38. The summed E-state index contributed by atoms with van der Waals surface area (Å²) in [5.41, 5.74) is 4.09. The second-order valence-corrected chi connectivity index (χ2v) is 7.48. The van der Waals surface area contributed by atoms with Gasteiger partial charge in [-0.3, -0.25) is 4.90 Å². The molecule has 0 spiro atoms. The van der Waals surface area contributed by atoms with E-state index in [1.54, 1.807) is 17.1 Å². The van der Waals surface area contributed by atoms with Gasteiger partial charge in [-0.15, -0.1) is 0 Å². The zero-order valence-corrected chi connectivity index (χ0v) is 16.1. The normalized spacial score (nSPS) is 18.5. The molecule has 2 aliphatic rings. The van der Waals surface area contributed by atoms with E-state index in [0.29, 0.717) is 24.8 Å². The summed E-state index contributed by atoms with van der Waals surface area (Å²) in [5, 5.41) is 13.2. The molecule has 1 saturated heterocycles. The third-order valence-electron chi connectivity index (χ3n) is 5.61. The standard InChI is InChI=1S/C23H22N4O2/c24-13-18-14-25-27(16-18)20-6-3-17(4-7-20)15-26-9-1-2-21(26)19-5-8-22-23(12-19)29-11-10-28-22/h3-8,12,14,16,21H,1-2,9-11,15H2/t21-/m0/s1. The smallest absolute Gasteiger partial charge is 0.161 e. The van der Waals surface area contributed by atoms with Crippen molar-refractivity contribution in [1.29, 1.82) is 5.26 Å². The highest BCUT2D eigenvalue weighted by Gasteiger charge is 2.27. The van der Waals surface area contributed by atoms with Gasteiger partial charge in [0.25, 0.3) is 0 Å². The molecule has 1 fully saturated rings. The van der Waals surface area contributed by atoms with Gasteiger partial charge in [0.1, 0.15) is 19.3 Å². The maximum absolute atomic E-state index is 8.96. The molecule has 0 N–H and O–H groups in total. The van der Waals surface area contributed by atoms with E-state index in [4.69, 9.17) is 14.7 Å². The molecule has 29 heavy (non-hydrogen) atoms. The Labute approximate surface area is 169 Å². The molecular formula is C23H22N4O2. The second kappa shape index (κ2) is 7.61. The second-order valence-electron chi connectivity index (χ2n) is 7.48. The van der Waals surface area contributed by atoms with Crippen LogP contribution in [0.1, 0.15) is 35.6 Å². The predicted octanol–water partition coefficient (Wildman–Crippen LogP) is 3.85. The molecule has 5 rings (SSSR count). The van der Waals surface area contributed by atoms with Crippen LogP contribution in [0.2, 0.25) is 0 Å². The number of ether oxygens (including phenoxy) is 2. The lowest BCUT2D eigenvalue weighted by atomic mass is 10.0. The number of fused-ring (bicyclic) bond motifs is 1. The third-order valence-corrected chi connectivity index (χ3v) is 5.61. The summed E-state index contributed by atoms with van der Waals surface area (Å²) in [6.45, 7) is 3.23. The van der Waals surface area contributed by atoms with Gasteiger partial charge in [-0.05, 0) is 54.8 Å². The first-order valence-corrected chi connectivity index (χ1v) is 9.98. The largest absolute Gasteiger partial charge is 0.486 e. The van der Waals surface area contributed by atoms with Crippen LogP contribution in [-0.4, -0.2) is 34.4 Å². The van der Waals surface area contributed by atoms with E-state index in [0.717, 1.165) is 36.7 Å². The van der Waals surface area contributed by atoms with Crippen LogP contribution in [-0.2, 0) is 6.54 Å². The molecule has 6 heteroatoms. The van der Waals surface area contributed by atoms with Crippen molar-refractivity contribution in [2.45, 2.75) is 25.4 Å². The molecule has 1 atom stereocenters. The van der Waals surface area contributed by atoms with E-state index < -0.39 is 0 Å². The van der Waals surface area contributed by atoms with Gasteiger partial charge in [0, 0.05) is 18.8 Å². The fraction of sp³-hybridized carbons (Fsp3) is 0.304. The van der Waals surface area contributed by atoms with Crippen LogP contribution >= 0.6 is 0 Å². The van der Waals surface area contributed by atoms with Gasteiger partial charge in [-0.1, -0.05) is 18.2 Å². The van der Waals surface area contributed by atoms with Gasteiger partial charge in [-0.2, -0.15) is 10.4 Å². The molecule has 2 aliphatic heterocycles. The fourth-order valence-corrected chi connectivity index (χ4v) is 4.17. The molecule has 0 bridgehead atoms. The minimum absolute atomic E-state index is 0.398. The van der Waals surface area contributed by atoms with Crippen molar-refractivity contribution in [1.82, 2.24) is 14.7 Å². The van der Waals surface area contributed by atoms with Crippen LogP contribution < -0.4 is 9.47 Å². The molecule has 0 saturated carbocycles. The van der Waals surface area contributed by atoms with Crippen LogP contribution in [0.4, 0.5) is 0 Å². The van der Waals surface area contributed by atoms with Gasteiger partial charge in [0.15, 0.2) is 11.5 Å². The average molecular weight is 386 g/mol. The number of nitriles is 1. The third kappa shape index (κ3) is 3.57. The summed E-state index contributed by atoms with van der Waals surface area (Å²) in [6.07, 6.45) is 5.67. The maximum atomic E-state index is 8.96. The van der Waals surface area contributed by atoms with E-state index in [1.165, 1.54) is 17.5 Å². The van der Waals surface area contributed by atoms with E-state index in [2.05, 4.69) is 52.5 Å². The van der Waals surface area contributed by atoms with E-state index in [9.17, 15) is 0 Å². The van der Waals surface area contributed by atoms with Crippen molar-refractivity contribution in [3.8, 4) is 23.3 Å². The van der Waals surface area contributed by atoms with Crippen LogP contribution in [0.5, 0.6) is 11.5 Å². The Morgan fingerprint density at radius 3 is 2.69 bits per heavy atom. The van der Waals surface area contributed by atoms with Crippen LogP contribution in [0.3, 0.4) is 0 Å². The van der Waals surface area contributed by atoms with E-state index in [1.807, 2.05) is 6.07 Å². The average Bonchev–Trinajstić information content (AvgIpc) is 3.43. The number of benzene rings is 2. The minimum atomic E-state index is 0.398. The summed E-state index contributed by atoms with van der Waals surface area (Å²) in [4.78, 5) is 2.53. The van der Waals surface area contributed by atoms with Crippen molar-refractivity contribution in [3.05, 3.63) is 71.5 Å². The predicted molar refractivity (Wildman–Crippen MR) is 108 cm³/mol. The van der Waals surface area contributed by atoms with Gasteiger partial charge in [-0.25, -0.2) is 4.68 Å². The van der Waals surface area contributed by atoms with E-state index in [-0.39, 0.29) is 0 Å². The lowest BCUT2D eigenvalue weighted by Gasteiger charge is -2.26. The maximum Gasteiger partial charge on any atom is 0.161 e. The lowest BCUT2D eigenvalue weighted by molar-refractivity contribution is 0.170. The van der Waals surface area contributed by atoms with E-state index >= 15 is 0 Å². The van der Waals surface area contributed by atoms with Crippen molar-refractivity contribution in [2.24, 2.45) is 0 Å². The first-order chi connectivity index (χ1) is 14.3. The molecule has 3 heterocycles. The topological polar surface area (TPSA) is 63.3 Å². The number of hydrogen-bond acceptors (Lipinski definition) is 5. The number of hydrogen-bond donors (Lipinski definition) is 0. The minimum Gasteiger partial charge on any atom is -0.486 e. The van der Waals surface area contributed by atoms with Gasteiger partial charge in [0.05, 0.1) is 17.4 Å². The van der Waals surface area contributed by atoms with Crippen LogP contribution in [0, 0.1) is 11.3 Å². The van der Waals surface area contributed by atoms with Gasteiger partial charge in [0.2, 0.25) is 0 Å². The lowest BCUT2D eigenvalue weighted by Crippen LogP contribution is -2.23. The molecule has 1 aromatic heterocycles. The number of likely N-dealkylation sites (tertiary alicyclic amines) is 1. The van der Waals surface area contributed by atoms with Crippen molar-refractivity contribution in [3.63, 3.8) is 0 Å². The highest BCUT2D eigenvalue weighted by atomic mass is 16.6. The molecule has 0 unspecified atom stereocenters. The molecule has 146 valence electrons. The summed E-state index contributed by atoms with van der Waals surface area (Å²) < 4.78 is 13.2. The van der Waals surface area contributed by atoms with Crippen molar-refractivity contribution < 1.29 is 9.47 Å². The SMILES string of the molecule is N#Cc1cnn(-c2ccc(CN3CCC[C@H]3c3ccc4c(c3)OCCO4)cc2)c1. The Morgan fingerprint density at radius 1 is 1.07 bits per heavy atom. The number of aromatic nitrogens is 2. The number of rotatable bonds is 4. The Bertz CT molecular complexity index is 1050. The molecule has 3 aromatic rings. The Kier molecular flexibility index (Phi) is 4.66. The first-order valence-electron chi connectivity index (χ1n) is 9.98. The molecule has 0 aliphatic carbocycles. The zero-order valence-electron chi connectivity index (χ0n) is 16.1. The molecule has 2 aromatic carbocycles. The van der Waals surface area contributed by atoms with Crippen molar-refractivity contribution in [2.75, 3.05) is 19.8 Å². The summed E-state index contributed by atoms with van der Waals surface area (Å²) in [5.74, 6) is 1.71. The van der Waals surface area contributed by atoms with Gasteiger partial charge < -0.3 is 9.47 Å². The molecule has 6 nitrogen and oxygen atoms in total. The van der Waals surface area contributed by atoms with Crippen molar-refractivity contribution >= 4 is 0 Å². The van der Waals surface area contributed by atoms with Gasteiger partial charge >= 0.3 is 0 Å². The Balaban J connectivity index is 1.31. The van der Waals surface area contributed by atoms with Crippen LogP contribution in [0.15, 0.2) is 54.9 Å². The zero-order chi connectivity index (χ0) is 19.6. The summed E-state index contributed by atoms with van der Waals surface area (Å²) in [6, 6.07) is 17.2. The molecular weight excluding hydrogens is 364 g/mol. The monoisotopic (exact) mass is 386 g/mol. The van der Waals surface area contributed by atoms with Crippen LogP contribution in [0.25, 0.3) is 5.69 Å². The highest BCUT2D eigenvalue weighted by molar-refractivity contribution is 5.45. The first kappa shape index (κ1) is 17.8. The Morgan fingerprint density at radius 2 is 1.90 bits per heavy atom. The molecule has 0 radical (unpaired) electrons. The fourth-order valence-electron chi connectivity index (χ4n) is 4.17. The quantitative estimate of drug-likeness (QED) is 0.681. The summed E-state index contributed by atoms with van der Waals surface area (Å²) >= 11 is 0. The molecule has 0 amide bonds.